The average molecular weight is 287 g/mol. The van der Waals surface area contributed by atoms with Gasteiger partial charge in [-0.25, -0.2) is 4.68 Å². The van der Waals surface area contributed by atoms with Gasteiger partial charge in [0.05, 0.1) is 12.2 Å². The van der Waals surface area contributed by atoms with Gasteiger partial charge in [0.2, 0.25) is 6.79 Å². The number of hydrogen-bond donors (Lipinski definition) is 1. The van der Waals surface area contributed by atoms with Crippen LogP contribution in [0.1, 0.15) is 36.7 Å². The molecule has 1 aromatic heterocycles. The topological polar surface area (TPSA) is 65.4 Å². The van der Waals surface area contributed by atoms with E-state index in [0.29, 0.717) is 22.9 Å². The van der Waals surface area contributed by atoms with E-state index in [-0.39, 0.29) is 18.7 Å². The molecule has 1 atom stereocenters. The van der Waals surface area contributed by atoms with Gasteiger partial charge >= 0.3 is 0 Å². The molecule has 1 aliphatic heterocycles. The summed E-state index contributed by atoms with van der Waals surface area (Å²) < 4.78 is 12.3. The maximum Gasteiger partial charge on any atom is 0.256 e. The number of amides is 1. The summed E-state index contributed by atoms with van der Waals surface area (Å²) >= 11 is 0. The lowest BCUT2D eigenvalue weighted by Crippen LogP contribution is -2.17. The first-order valence-electron chi connectivity index (χ1n) is 6.93. The molecule has 21 heavy (non-hydrogen) atoms. The number of anilines is 1. The van der Waals surface area contributed by atoms with E-state index in [2.05, 4.69) is 24.3 Å². The number of rotatable bonds is 4. The molecule has 6 heteroatoms. The molecule has 0 aliphatic carbocycles. The monoisotopic (exact) mass is 287 g/mol. The maximum absolute atomic E-state index is 12.3. The van der Waals surface area contributed by atoms with Gasteiger partial charge < -0.3 is 14.8 Å². The number of carbonyl (C=O) groups is 1. The number of nitrogens with zero attached hydrogens (tertiary/aromatic N) is 2. The molecule has 0 saturated heterocycles. The lowest BCUT2D eigenvalue weighted by Gasteiger charge is -2.14. The Morgan fingerprint density at radius 1 is 1.38 bits per heavy atom. The quantitative estimate of drug-likeness (QED) is 0.939. The highest BCUT2D eigenvalue weighted by atomic mass is 16.7. The fourth-order valence-electron chi connectivity index (χ4n) is 2.16. The van der Waals surface area contributed by atoms with E-state index >= 15 is 0 Å². The number of benzene rings is 1. The fraction of sp³-hybridized carbons (Fsp3) is 0.333. The summed E-state index contributed by atoms with van der Waals surface area (Å²) in [6, 6.07) is 7.15. The van der Waals surface area contributed by atoms with Crippen LogP contribution in [-0.4, -0.2) is 22.5 Å². The number of nitrogens with one attached hydrogen (secondary N) is 1. The standard InChI is InChI=1S/C15H17N3O3/c1-3-10(2)18-14(6-7-16-18)17-15(19)11-4-5-12-13(8-11)21-9-20-12/h4-8,10H,3,9H2,1-2H3,(H,17,19). The van der Waals surface area contributed by atoms with Crippen molar-refractivity contribution in [3.05, 3.63) is 36.0 Å². The third kappa shape index (κ3) is 2.56. The SMILES string of the molecule is CCC(C)n1nccc1NC(=O)c1ccc2c(c1)OCO2. The maximum atomic E-state index is 12.3. The largest absolute Gasteiger partial charge is 0.454 e. The molecule has 1 amide bonds. The van der Waals surface area contributed by atoms with Crippen LogP contribution in [0.4, 0.5) is 5.82 Å². The van der Waals surface area contributed by atoms with Crippen molar-refractivity contribution in [3.8, 4) is 11.5 Å². The van der Waals surface area contributed by atoms with Crippen LogP contribution in [0.2, 0.25) is 0 Å². The predicted octanol–water partition coefficient (Wildman–Crippen LogP) is 2.84. The summed E-state index contributed by atoms with van der Waals surface area (Å²) in [5.41, 5.74) is 0.524. The van der Waals surface area contributed by atoms with Crippen molar-refractivity contribution in [1.82, 2.24) is 9.78 Å². The third-order valence-corrected chi connectivity index (χ3v) is 3.55. The van der Waals surface area contributed by atoms with Crippen LogP contribution in [0.15, 0.2) is 30.5 Å². The minimum Gasteiger partial charge on any atom is -0.454 e. The normalized spacial score (nSPS) is 14.0. The van der Waals surface area contributed by atoms with Crippen molar-refractivity contribution in [3.63, 3.8) is 0 Å². The van der Waals surface area contributed by atoms with Gasteiger partial charge in [0.1, 0.15) is 5.82 Å². The second-order valence-electron chi connectivity index (χ2n) is 4.94. The van der Waals surface area contributed by atoms with Crippen LogP contribution >= 0.6 is 0 Å². The van der Waals surface area contributed by atoms with Gasteiger partial charge in [-0.3, -0.25) is 4.79 Å². The molecule has 0 bridgehead atoms. The summed E-state index contributed by atoms with van der Waals surface area (Å²) in [6.45, 7) is 4.33. The van der Waals surface area contributed by atoms with E-state index in [1.165, 1.54) is 0 Å². The van der Waals surface area contributed by atoms with Gasteiger partial charge in [-0.1, -0.05) is 6.92 Å². The summed E-state index contributed by atoms with van der Waals surface area (Å²) in [7, 11) is 0. The van der Waals surface area contributed by atoms with Gasteiger partial charge in [-0.2, -0.15) is 5.10 Å². The third-order valence-electron chi connectivity index (χ3n) is 3.55. The Balaban J connectivity index is 1.79. The van der Waals surface area contributed by atoms with Crippen LogP contribution in [0.25, 0.3) is 0 Å². The smallest absolute Gasteiger partial charge is 0.256 e. The molecular formula is C15H17N3O3. The van der Waals surface area contributed by atoms with Gasteiger partial charge in [0, 0.05) is 11.6 Å². The molecule has 0 radical (unpaired) electrons. The molecule has 1 aromatic carbocycles. The number of ether oxygens (including phenoxy) is 2. The molecule has 0 spiro atoms. The minimum atomic E-state index is -0.196. The molecule has 6 nitrogen and oxygen atoms in total. The molecule has 0 saturated carbocycles. The highest BCUT2D eigenvalue weighted by molar-refractivity contribution is 6.04. The van der Waals surface area contributed by atoms with Gasteiger partial charge in [-0.15, -0.1) is 0 Å². The number of aromatic nitrogens is 2. The molecule has 0 fully saturated rings. The first-order valence-corrected chi connectivity index (χ1v) is 6.93. The highest BCUT2D eigenvalue weighted by Crippen LogP contribution is 2.32. The Morgan fingerprint density at radius 3 is 3.00 bits per heavy atom. The Hall–Kier alpha value is -2.50. The molecule has 1 N–H and O–H groups in total. The van der Waals surface area contributed by atoms with Crippen LogP contribution in [0, 0.1) is 0 Å². The van der Waals surface area contributed by atoms with Crippen molar-refractivity contribution in [2.45, 2.75) is 26.3 Å². The average Bonchev–Trinajstić information content (AvgIpc) is 3.14. The number of fused-ring (bicyclic) bond motifs is 1. The zero-order valence-corrected chi connectivity index (χ0v) is 12.0. The lowest BCUT2D eigenvalue weighted by molar-refractivity contribution is 0.102. The molecule has 2 aromatic rings. The summed E-state index contributed by atoms with van der Waals surface area (Å²) in [4.78, 5) is 12.3. The summed E-state index contributed by atoms with van der Waals surface area (Å²) in [6.07, 6.45) is 2.62. The highest BCUT2D eigenvalue weighted by Gasteiger charge is 2.17. The number of carbonyl (C=O) groups excluding carboxylic acids is 1. The number of hydrogen-bond acceptors (Lipinski definition) is 4. The molecule has 110 valence electrons. The van der Waals surface area contributed by atoms with Crippen LogP contribution < -0.4 is 14.8 Å². The molecular weight excluding hydrogens is 270 g/mol. The molecule has 3 rings (SSSR count). The minimum absolute atomic E-state index is 0.196. The van der Waals surface area contributed by atoms with E-state index in [0.717, 1.165) is 6.42 Å². The van der Waals surface area contributed by atoms with E-state index in [1.54, 1.807) is 30.5 Å². The van der Waals surface area contributed by atoms with Crippen molar-refractivity contribution in [2.75, 3.05) is 12.1 Å². The first-order chi connectivity index (χ1) is 10.2. The summed E-state index contributed by atoms with van der Waals surface area (Å²) in [5.74, 6) is 1.75. The van der Waals surface area contributed by atoms with Gasteiger partial charge in [-0.05, 0) is 31.5 Å². The van der Waals surface area contributed by atoms with Crippen molar-refractivity contribution in [2.24, 2.45) is 0 Å². The molecule has 1 aliphatic rings. The van der Waals surface area contributed by atoms with E-state index in [9.17, 15) is 4.79 Å². The Kier molecular flexibility index (Phi) is 3.51. The zero-order valence-electron chi connectivity index (χ0n) is 12.0. The van der Waals surface area contributed by atoms with Crippen molar-refractivity contribution in [1.29, 1.82) is 0 Å². The lowest BCUT2D eigenvalue weighted by atomic mass is 10.2. The fourth-order valence-corrected chi connectivity index (χ4v) is 2.16. The second-order valence-corrected chi connectivity index (χ2v) is 4.94. The second kappa shape index (κ2) is 5.47. The van der Waals surface area contributed by atoms with E-state index < -0.39 is 0 Å². The Labute approximate surface area is 122 Å². The van der Waals surface area contributed by atoms with Crippen LogP contribution in [0.5, 0.6) is 11.5 Å². The van der Waals surface area contributed by atoms with Gasteiger partial charge in [0.25, 0.3) is 5.91 Å². The van der Waals surface area contributed by atoms with Crippen LogP contribution in [-0.2, 0) is 0 Å². The summed E-state index contributed by atoms with van der Waals surface area (Å²) in [5, 5.41) is 7.13. The Bertz CT molecular complexity index is 666. The molecule has 2 heterocycles. The first kappa shape index (κ1) is 13.5. The van der Waals surface area contributed by atoms with Crippen molar-refractivity contribution < 1.29 is 14.3 Å². The van der Waals surface area contributed by atoms with Crippen molar-refractivity contribution >= 4 is 11.7 Å². The predicted molar refractivity (Wildman–Crippen MR) is 77.7 cm³/mol. The van der Waals surface area contributed by atoms with Crippen LogP contribution in [0.3, 0.4) is 0 Å². The molecule has 1 unspecified atom stereocenters. The Morgan fingerprint density at radius 2 is 2.19 bits per heavy atom. The van der Waals surface area contributed by atoms with Gasteiger partial charge in [0.15, 0.2) is 11.5 Å². The van der Waals surface area contributed by atoms with E-state index in [4.69, 9.17) is 9.47 Å². The van der Waals surface area contributed by atoms with E-state index in [1.807, 2.05) is 4.68 Å². The zero-order chi connectivity index (χ0) is 14.8.